The zero-order chi connectivity index (χ0) is 16.4. The summed E-state index contributed by atoms with van der Waals surface area (Å²) in [6.07, 6.45) is 4.40. The summed E-state index contributed by atoms with van der Waals surface area (Å²) >= 11 is 0. The van der Waals surface area contributed by atoms with Crippen molar-refractivity contribution >= 4 is 15.9 Å². The largest absolute Gasteiger partial charge is 0.350 e. The van der Waals surface area contributed by atoms with E-state index in [4.69, 9.17) is 0 Å². The average molecular weight is 340 g/mol. The first-order chi connectivity index (χ1) is 11.0. The molecule has 0 saturated carbocycles. The van der Waals surface area contributed by atoms with E-state index in [1.807, 2.05) is 0 Å². The van der Waals surface area contributed by atoms with Gasteiger partial charge in [-0.25, -0.2) is 8.42 Å². The molecule has 3 heterocycles. The molecule has 128 valence electrons. The monoisotopic (exact) mass is 340 g/mol. The molecule has 3 rings (SSSR count). The number of rotatable bonds is 5. The first kappa shape index (κ1) is 16.5. The number of nitrogens with zero attached hydrogens (tertiary/aromatic N) is 2. The minimum Gasteiger partial charge on any atom is -0.350 e. The van der Waals surface area contributed by atoms with Crippen molar-refractivity contribution in [2.75, 3.05) is 32.7 Å². The van der Waals surface area contributed by atoms with Crippen LogP contribution in [-0.2, 0) is 17.1 Å². The molecule has 0 atom stereocenters. The first-order valence-electron chi connectivity index (χ1n) is 8.14. The van der Waals surface area contributed by atoms with Crippen molar-refractivity contribution < 1.29 is 13.2 Å². The Morgan fingerprint density at radius 2 is 2.00 bits per heavy atom. The van der Waals surface area contributed by atoms with Crippen LogP contribution in [0.25, 0.3) is 0 Å². The topological polar surface area (TPSA) is 83.4 Å². The molecule has 2 fully saturated rings. The summed E-state index contributed by atoms with van der Waals surface area (Å²) in [5.74, 6) is 0.246. The molecule has 1 amide bonds. The second-order valence-corrected chi connectivity index (χ2v) is 8.31. The Morgan fingerprint density at radius 1 is 1.30 bits per heavy atom. The predicted molar refractivity (Wildman–Crippen MR) is 86.7 cm³/mol. The third-order valence-electron chi connectivity index (χ3n) is 4.58. The third kappa shape index (κ3) is 3.44. The summed E-state index contributed by atoms with van der Waals surface area (Å²) in [4.78, 5) is 12.5. The van der Waals surface area contributed by atoms with E-state index in [-0.39, 0.29) is 10.8 Å². The molecular weight excluding hydrogens is 316 g/mol. The number of aromatic nitrogens is 1. The lowest BCUT2D eigenvalue weighted by Crippen LogP contribution is -2.48. The Kier molecular flexibility index (Phi) is 4.74. The van der Waals surface area contributed by atoms with Gasteiger partial charge >= 0.3 is 0 Å². The Hall–Kier alpha value is -1.38. The van der Waals surface area contributed by atoms with E-state index in [0.29, 0.717) is 31.2 Å². The molecule has 2 aliphatic rings. The maximum absolute atomic E-state index is 12.7. The van der Waals surface area contributed by atoms with Crippen LogP contribution in [0, 0.1) is 5.92 Å². The second-order valence-electron chi connectivity index (χ2n) is 6.37. The summed E-state index contributed by atoms with van der Waals surface area (Å²) < 4.78 is 28.4. The van der Waals surface area contributed by atoms with Crippen LogP contribution in [0.4, 0.5) is 0 Å². The molecule has 2 aliphatic heterocycles. The second kappa shape index (κ2) is 6.62. The number of sulfonamides is 1. The van der Waals surface area contributed by atoms with Crippen LogP contribution in [0.3, 0.4) is 0 Å². The molecule has 1 aromatic heterocycles. The Labute approximate surface area is 137 Å². The minimum atomic E-state index is -3.50. The highest BCUT2D eigenvalue weighted by Crippen LogP contribution is 2.22. The van der Waals surface area contributed by atoms with Gasteiger partial charge in [0.05, 0.1) is 0 Å². The van der Waals surface area contributed by atoms with Crippen molar-refractivity contribution in [2.24, 2.45) is 13.0 Å². The lowest BCUT2D eigenvalue weighted by molar-refractivity contribution is 0.0934. The standard InChI is InChI=1S/C15H24N4O3S/c1-18-11-13(23(21,22)19-5-3-2-4-6-19)7-14(18)15(20)17-10-12-8-16-9-12/h7,11-12,16H,2-6,8-10H2,1H3,(H,17,20). The molecule has 0 aromatic carbocycles. The maximum Gasteiger partial charge on any atom is 0.267 e. The average Bonchev–Trinajstić information content (AvgIpc) is 2.89. The molecule has 8 heteroatoms. The smallest absolute Gasteiger partial charge is 0.267 e. The van der Waals surface area contributed by atoms with Crippen molar-refractivity contribution in [3.63, 3.8) is 0 Å². The van der Waals surface area contributed by atoms with Gasteiger partial charge in [0, 0.05) is 51.9 Å². The Morgan fingerprint density at radius 3 is 2.61 bits per heavy atom. The van der Waals surface area contributed by atoms with E-state index in [0.717, 1.165) is 32.4 Å². The van der Waals surface area contributed by atoms with E-state index >= 15 is 0 Å². The SMILES string of the molecule is Cn1cc(S(=O)(=O)N2CCCCC2)cc1C(=O)NCC1CNC1. The number of piperidine rings is 1. The number of amides is 1. The molecule has 7 nitrogen and oxygen atoms in total. The third-order valence-corrected chi connectivity index (χ3v) is 6.45. The number of hydrogen-bond acceptors (Lipinski definition) is 4. The van der Waals surface area contributed by atoms with Crippen molar-refractivity contribution in [3.8, 4) is 0 Å². The van der Waals surface area contributed by atoms with Gasteiger partial charge in [0.1, 0.15) is 10.6 Å². The van der Waals surface area contributed by atoms with Gasteiger partial charge in [0.2, 0.25) is 10.0 Å². The fourth-order valence-electron chi connectivity index (χ4n) is 2.98. The van der Waals surface area contributed by atoms with Gasteiger partial charge in [-0.15, -0.1) is 0 Å². The van der Waals surface area contributed by atoms with Crippen LogP contribution < -0.4 is 10.6 Å². The van der Waals surface area contributed by atoms with Gasteiger partial charge in [-0.1, -0.05) is 6.42 Å². The van der Waals surface area contributed by atoms with Crippen molar-refractivity contribution in [3.05, 3.63) is 18.0 Å². The number of aryl methyl sites for hydroxylation is 1. The Balaban J connectivity index is 1.72. The normalized spacial score (nSPS) is 20.2. The van der Waals surface area contributed by atoms with Crippen LogP contribution in [0.2, 0.25) is 0 Å². The number of carbonyl (C=O) groups excluding carboxylic acids is 1. The zero-order valence-electron chi connectivity index (χ0n) is 13.4. The van der Waals surface area contributed by atoms with E-state index in [2.05, 4.69) is 10.6 Å². The highest BCUT2D eigenvalue weighted by Gasteiger charge is 2.28. The van der Waals surface area contributed by atoms with Crippen LogP contribution >= 0.6 is 0 Å². The summed E-state index contributed by atoms with van der Waals surface area (Å²) in [6.45, 7) is 3.58. The zero-order valence-corrected chi connectivity index (χ0v) is 14.2. The molecule has 0 unspecified atom stereocenters. The minimum absolute atomic E-state index is 0.206. The Bertz CT molecular complexity index is 673. The molecule has 0 bridgehead atoms. The summed E-state index contributed by atoms with van der Waals surface area (Å²) in [7, 11) is -1.80. The van der Waals surface area contributed by atoms with Crippen LogP contribution in [0.1, 0.15) is 29.8 Å². The number of carbonyl (C=O) groups is 1. The van der Waals surface area contributed by atoms with Gasteiger partial charge in [-0.3, -0.25) is 4.79 Å². The van der Waals surface area contributed by atoms with E-state index < -0.39 is 10.0 Å². The van der Waals surface area contributed by atoms with E-state index in [9.17, 15) is 13.2 Å². The highest BCUT2D eigenvalue weighted by molar-refractivity contribution is 7.89. The van der Waals surface area contributed by atoms with Crippen molar-refractivity contribution in [2.45, 2.75) is 24.2 Å². The molecule has 1 aromatic rings. The fraction of sp³-hybridized carbons (Fsp3) is 0.667. The number of hydrogen-bond donors (Lipinski definition) is 2. The van der Waals surface area contributed by atoms with E-state index in [1.54, 1.807) is 11.6 Å². The lowest BCUT2D eigenvalue weighted by atomic mass is 10.0. The highest BCUT2D eigenvalue weighted by atomic mass is 32.2. The van der Waals surface area contributed by atoms with Crippen molar-refractivity contribution in [1.29, 1.82) is 0 Å². The van der Waals surface area contributed by atoms with Gasteiger partial charge in [-0.05, 0) is 18.9 Å². The molecule has 0 spiro atoms. The molecular formula is C15H24N4O3S. The fourth-order valence-corrected chi connectivity index (χ4v) is 4.56. The van der Waals surface area contributed by atoms with E-state index in [1.165, 1.54) is 16.6 Å². The van der Waals surface area contributed by atoms with Crippen LogP contribution in [0.15, 0.2) is 17.2 Å². The summed E-state index contributed by atoms with van der Waals surface area (Å²) in [5.41, 5.74) is 0.382. The quantitative estimate of drug-likeness (QED) is 0.799. The molecule has 23 heavy (non-hydrogen) atoms. The lowest BCUT2D eigenvalue weighted by Gasteiger charge is -2.27. The van der Waals surface area contributed by atoms with Crippen molar-refractivity contribution in [1.82, 2.24) is 19.5 Å². The van der Waals surface area contributed by atoms with Crippen LogP contribution in [0.5, 0.6) is 0 Å². The van der Waals surface area contributed by atoms with Gasteiger partial charge in [0.25, 0.3) is 5.91 Å². The first-order valence-corrected chi connectivity index (χ1v) is 9.58. The molecule has 2 saturated heterocycles. The molecule has 0 aliphatic carbocycles. The van der Waals surface area contributed by atoms with Gasteiger partial charge in [-0.2, -0.15) is 4.31 Å². The number of nitrogens with one attached hydrogen (secondary N) is 2. The predicted octanol–water partition coefficient (Wildman–Crippen LogP) is 0.149. The molecule has 2 N–H and O–H groups in total. The van der Waals surface area contributed by atoms with Crippen LogP contribution in [-0.4, -0.2) is 55.9 Å². The van der Waals surface area contributed by atoms with Gasteiger partial charge < -0.3 is 15.2 Å². The summed E-state index contributed by atoms with van der Waals surface area (Å²) in [5, 5.41) is 6.03. The van der Waals surface area contributed by atoms with Gasteiger partial charge in [0.15, 0.2) is 0 Å². The summed E-state index contributed by atoms with van der Waals surface area (Å²) in [6, 6.07) is 1.48. The maximum atomic E-state index is 12.7. The molecule has 0 radical (unpaired) electrons.